The van der Waals surface area contributed by atoms with Crippen LogP contribution in [0, 0.1) is 0 Å². The molecule has 0 aliphatic rings. The number of hydrogen-bond acceptors (Lipinski definition) is 4. The van der Waals surface area contributed by atoms with Crippen molar-refractivity contribution in [2.75, 3.05) is 7.11 Å². The molecule has 5 rings (SSSR count). The number of benzene rings is 3. The van der Waals surface area contributed by atoms with Crippen molar-refractivity contribution in [3.8, 4) is 17.0 Å². The average Bonchev–Trinajstić information content (AvgIpc) is 3.31. The SMILES string of the molecule is COc1cc(CO)c(-c2cn3ccc(N=C(c4ccccc4)c4ccccc4)cc3n2)cc1Cl. The molecule has 0 atom stereocenters. The molecule has 34 heavy (non-hydrogen) atoms. The quantitative estimate of drug-likeness (QED) is 0.297. The molecule has 0 aliphatic carbocycles. The van der Waals surface area contributed by atoms with Gasteiger partial charge in [-0.15, -0.1) is 0 Å². The molecule has 3 aromatic carbocycles. The van der Waals surface area contributed by atoms with Crippen molar-refractivity contribution >= 4 is 28.6 Å². The zero-order valence-corrected chi connectivity index (χ0v) is 19.3. The first-order chi connectivity index (χ1) is 16.7. The molecule has 0 bridgehead atoms. The molecule has 0 spiro atoms. The second kappa shape index (κ2) is 9.51. The predicted molar refractivity (Wildman–Crippen MR) is 136 cm³/mol. The molecule has 0 unspecified atom stereocenters. The van der Waals surface area contributed by atoms with Gasteiger partial charge in [-0.05, 0) is 23.8 Å². The number of imidazole rings is 1. The van der Waals surface area contributed by atoms with Gasteiger partial charge in [0.2, 0.25) is 0 Å². The summed E-state index contributed by atoms with van der Waals surface area (Å²) in [5.41, 5.74) is 6.67. The molecule has 2 aromatic heterocycles. The number of aromatic nitrogens is 2. The molecule has 0 aliphatic heterocycles. The lowest BCUT2D eigenvalue weighted by Gasteiger charge is -2.09. The van der Waals surface area contributed by atoms with E-state index >= 15 is 0 Å². The smallest absolute Gasteiger partial charge is 0.139 e. The highest BCUT2D eigenvalue weighted by molar-refractivity contribution is 6.32. The first-order valence-corrected chi connectivity index (χ1v) is 11.2. The van der Waals surface area contributed by atoms with E-state index in [9.17, 15) is 5.11 Å². The Morgan fingerprint density at radius 3 is 2.26 bits per heavy atom. The van der Waals surface area contributed by atoms with E-state index in [4.69, 9.17) is 26.3 Å². The van der Waals surface area contributed by atoms with E-state index < -0.39 is 0 Å². The van der Waals surface area contributed by atoms with Crippen molar-refractivity contribution < 1.29 is 9.84 Å². The van der Waals surface area contributed by atoms with E-state index in [1.807, 2.05) is 65.3 Å². The monoisotopic (exact) mass is 467 g/mol. The Hall–Kier alpha value is -3.93. The van der Waals surface area contributed by atoms with Gasteiger partial charge in [-0.2, -0.15) is 0 Å². The molecule has 0 amide bonds. The first-order valence-electron chi connectivity index (χ1n) is 10.8. The van der Waals surface area contributed by atoms with Gasteiger partial charge in [-0.25, -0.2) is 9.98 Å². The highest BCUT2D eigenvalue weighted by atomic mass is 35.5. The number of aliphatic hydroxyl groups excluding tert-OH is 1. The van der Waals surface area contributed by atoms with Crippen LogP contribution in [0.1, 0.15) is 16.7 Å². The second-order valence-corrected chi connectivity index (χ2v) is 8.18. The van der Waals surface area contributed by atoms with Crippen LogP contribution in [-0.2, 0) is 6.61 Å². The van der Waals surface area contributed by atoms with Crippen LogP contribution in [0.4, 0.5) is 5.69 Å². The molecule has 5 nitrogen and oxygen atoms in total. The zero-order valence-electron chi connectivity index (χ0n) is 18.5. The van der Waals surface area contributed by atoms with Crippen molar-refractivity contribution in [2.45, 2.75) is 6.61 Å². The third-order valence-corrected chi connectivity index (χ3v) is 5.90. The molecule has 0 saturated carbocycles. The number of ether oxygens (including phenoxy) is 1. The second-order valence-electron chi connectivity index (χ2n) is 7.77. The molecule has 6 heteroatoms. The lowest BCUT2D eigenvalue weighted by molar-refractivity contribution is 0.281. The summed E-state index contributed by atoms with van der Waals surface area (Å²) in [5.74, 6) is 0.518. The molecule has 168 valence electrons. The number of nitrogens with zero attached hydrogens (tertiary/aromatic N) is 3. The van der Waals surface area contributed by atoms with Gasteiger partial charge in [0.15, 0.2) is 0 Å². The van der Waals surface area contributed by atoms with Crippen LogP contribution in [0.3, 0.4) is 0 Å². The summed E-state index contributed by atoms with van der Waals surface area (Å²) in [7, 11) is 1.55. The van der Waals surface area contributed by atoms with Crippen LogP contribution in [0.5, 0.6) is 5.75 Å². The zero-order chi connectivity index (χ0) is 23.5. The lowest BCUT2D eigenvalue weighted by atomic mass is 10.0. The number of hydrogen-bond donors (Lipinski definition) is 1. The third kappa shape index (κ3) is 4.31. The van der Waals surface area contributed by atoms with Gasteiger partial charge >= 0.3 is 0 Å². The normalized spacial score (nSPS) is 10.9. The van der Waals surface area contributed by atoms with Gasteiger partial charge in [0.25, 0.3) is 0 Å². The summed E-state index contributed by atoms with van der Waals surface area (Å²) < 4.78 is 7.21. The summed E-state index contributed by atoms with van der Waals surface area (Å²) >= 11 is 6.35. The minimum absolute atomic E-state index is 0.149. The van der Waals surface area contributed by atoms with Crippen molar-refractivity contribution in [1.82, 2.24) is 9.38 Å². The maximum absolute atomic E-state index is 9.87. The van der Waals surface area contributed by atoms with Gasteiger partial charge in [0, 0.05) is 35.2 Å². The Balaban J connectivity index is 1.59. The number of pyridine rings is 1. The predicted octanol–water partition coefficient (Wildman–Crippen LogP) is 6.32. The van der Waals surface area contributed by atoms with Gasteiger partial charge in [0.1, 0.15) is 11.4 Å². The molecular weight excluding hydrogens is 446 g/mol. The lowest BCUT2D eigenvalue weighted by Crippen LogP contribution is -2.02. The number of rotatable bonds is 6. The van der Waals surface area contributed by atoms with Crippen LogP contribution in [0.2, 0.25) is 5.02 Å². The molecule has 0 saturated heterocycles. The number of aliphatic hydroxyl groups is 1. The fraction of sp³-hybridized carbons (Fsp3) is 0.0714. The van der Waals surface area contributed by atoms with Crippen LogP contribution in [0.15, 0.2) is 102 Å². The molecule has 5 aromatic rings. The van der Waals surface area contributed by atoms with Gasteiger partial charge in [0.05, 0.1) is 35.8 Å². The van der Waals surface area contributed by atoms with E-state index in [0.29, 0.717) is 22.0 Å². The van der Waals surface area contributed by atoms with Crippen LogP contribution in [-0.4, -0.2) is 27.3 Å². The largest absolute Gasteiger partial charge is 0.495 e. The Morgan fingerprint density at radius 2 is 1.65 bits per heavy atom. The Labute approximate surface area is 202 Å². The van der Waals surface area contributed by atoms with E-state index in [1.54, 1.807) is 19.2 Å². The number of methoxy groups -OCH3 is 1. The van der Waals surface area contributed by atoms with E-state index in [1.165, 1.54) is 0 Å². The standard InChI is InChI=1S/C28H22ClN3O2/c1-34-26-14-21(18-33)23(16-24(26)29)25-17-32-13-12-22(15-27(32)31-25)30-28(19-8-4-2-5-9-19)20-10-6-3-7-11-20/h2-17,33H,18H2,1H3. The molecule has 0 fully saturated rings. The number of fused-ring (bicyclic) bond motifs is 1. The summed E-state index contributed by atoms with van der Waals surface area (Å²) in [5, 5.41) is 10.3. The van der Waals surface area contributed by atoms with E-state index in [-0.39, 0.29) is 6.61 Å². The Morgan fingerprint density at radius 1 is 0.971 bits per heavy atom. The maximum atomic E-state index is 9.87. The van der Waals surface area contributed by atoms with Gasteiger partial charge in [-0.3, -0.25) is 0 Å². The highest BCUT2D eigenvalue weighted by Gasteiger charge is 2.14. The minimum atomic E-state index is -0.149. The Bertz CT molecular complexity index is 1440. The Kier molecular flexibility index (Phi) is 6.12. The van der Waals surface area contributed by atoms with Crippen molar-refractivity contribution in [3.05, 3.63) is 119 Å². The van der Waals surface area contributed by atoms with Crippen molar-refractivity contribution in [2.24, 2.45) is 4.99 Å². The molecule has 0 radical (unpaired) electrons. The maximum Gasteiger partial charge on any atom is 0.139 e. The molecular formula is C28H22ClN3O2. The first kappa shape index (κ1) is 21.9. The van der Waals surface area contributed by atoms with Crippen molar-refractivity contribution in [1.29, 1.82) is 0 Å². The van der Waals surface area contributed by atoms with Crippen LogP contribution in [0.25, 0.3) is 16.9 Å². The van der Waals surface area contributed by atoms with Crippen molar-refractivity contribution in [3.63, 3.8) is 0 Å². The number of halogens is 1. The molecule has 2 heterocycles. The minimum Gasteiger partial charge on any atom is -0.495 e. The fourth-order valence-corrected chi connectivity index (χ4v) is 4.15. The van der Waals surface area contributed by atoms with Crippen LogP contribution >= 0.6 is 11.6 Å². The van der Waals surface area contributed by atoms with E-state index in [0.717, 1.165) is 33.7 Å². The highest BCUT2D eigenvalue weighted by Crippen LogP contribution is 2.34. The van der Waals surface area contributed by atoms with E-state index in [2.05, 4.69) is 24.3 Å². The van der Waals surface area contributed by atoms with Gasteiger partial charge < -0.3 is 14.2 Å². The average molecular weight is 468 g/mol. The summed E-state index contributed by atoms with van der Waals surface area (Å²) in [4.78, 5) is 9.77. The summed E-state index contributed by atoms with van der Waals surface area (Å²) in [6.45, 7) is -0.149. The topological polar surface area (TPSA) is 59.1 Å². The fourth-order valence-electron chi connectivity index (χ4n) is 3.91. The van der Waals surface area contributed by atoms with Gasteiger partial charge in [-0.1, -0.05) is 72.3 Å². The molecule has 1 N–H and O–H groups in total. The van der Waals surface area contributed by atoms with Crippen LogP contribution < -0.4 is 4.74 Å². The summed E-state index contributed by atoms with van der Waals surface area (Å²) in [6.07, 6.45) is 3.84. The number of aliphatic imine (C=N–C) groups is 1. The third-order valence-electron chi connectivity index (χ3n) is 5.60. The summed E-state index contributed by atoms with van der Waals surface area (Å²) in [6, 6.07) is 27.7.